The van der Waals surface area contributed by atoms with Gasteiger partial charge in [0.15, 0.2) is 0 Å². The fourth-order valence-corrected chi connectivity index (χ4v) is 6.12. The van der Waals surface area contributed by atoms with Crippen LogP contribution in [0.2, 0.25) is 0 Å². The number of methoxy groups -OCH3 is 1. The number of hydrogen-bond acceptors (Lipinski definition) is 7. The Balaban J connectivity index is 1.94. The molecule has 1 aromatic heterocycles. The molecular formula is C25H34N4O6S. The molecular weight excluding hydrogens is 484 g/mol. The Morgan fingerprint density at radius 3 is 2.36 bits per heavy atom. The first kappa shape index (κ1) is 27.6. The summed E-state index contributed by atoms with van der Waals surface area (Å²) in [6.45, 7) is 2.78. The van der Waals surface area contributed by atoms with E-state index < -0.39 is 27.9 Å². The summed E-state index contributed by atoms with van der Waals surface area (Å²) in [7, 11) is -2.68. The van der Waals surface area contributed by atoms with Crippen LogP contribution in [0.3, 0.4) is 0 Å². The topological polar surface area (TPSA) is 129 Å². The molecule has 36 heavy (non-hydrogen) atoms. The van der Waals surface area contributed by atoms with Gasteiger partial charge in [-0.1, -0.05) is 13.3 Å². The van der Waals surface area contributed by atoms with Crippen LogP contribution in [0.25, 0.3) is 0 Å². The molecule has 0 unspecified atom stereocenters. The van der Waals surface area contributed by atoms with Crippen LogP contribution in [-0.2, 0) is 26.2 Å². The minimum absolute atomic E-state index is 0.000255. The van der Waals surface area contributed by atoms with Gasteiger partial charge in [-0.25, -0.2) is 13.9 Å². The minimum atomic E-state index is -4.16. The van der Waals surface area contributed by atoms with Crippen molar-refractivity contribution >= 4 is 21.8 Å². The van der Waals surface area contributed by atoms with Gasteiger partial charge in [0.2, 0.25) is 15.9 Å². The van der Waals surface area contributed by atoms with E-state index in [9.17, 15) is 23.2 Å². The average Bonchev–Trinajstić information content (AvgIpc) is 2.92. The summed E-state index contributed by atoms with van der Waals surface area (Å²) in [5, 5.41) is 9.58. The maximum absolute atomic E-state index is 13.9. The molecule has 3 rings (SSSR count). The molecule has 10 nitrogen and oxygen atoms in total. The number of carbonyl (C=O) groups excluding carboxylic acids is 2. The third kappa shape index (κ3) is 6.59. The lowest BCUT2D eigenvalue weighted by Crippen LogP contribution is -2.54. The van der Waals surface area contributed by atoms with Gasteiger partial charge in [0, 0.05) is 38.4 Å². The quantitative estimate of drug-likeness (QED) is 0.345. The van der Waals surface area contributed by atoms with Crippen molar-refractivity contribution in [1.29, 1.82) is 0 Å². The molecule has 0 bridgehead atoms. The van der Waals surface area contributed by atoms with E-state index in [1.165, 1.54) is 19.2 Å². The fourth-order valence-electron chi connectivity index (χ4n) is 4.48. The van der Waals surface area contributed by atoms with Crippen LogP contribution >= 0.6 is 0 Å². The first-order chi connectivity index (χ1) is 17.3. The first-order valence-electron chi connectivity index (χ1n) is 12.1. The molecule has 0 spiro atoms. The van der Waals surface area contributed by atoms with Crippen molar-refractivity contribution in [2.45, 2.75) is 56.5 Å². The van der Waals surface area contributed by atoms with Crippen molar-refractivity contribution in [2.75, 3.05) is 20.2 Å². The van der Waals surface area contributed by atoms with Crippen LogP contribution in [0.15, 0.2) is 53.7 Å². The molecule has 1 aliphatic rings. The van der Waals surface area contributed by atoms with Gasteiger partial charge in [-0.3, -0.25) is 19.8 Å². The minimum Gasteiger partial charge on any atom is -0.497 e. The summed E-state index contributed by atoms with van der Waals surface area (Å²) in [6, 6.07) is 8.12. The maximum atomic E-state index is 13.9. The van der Waals surface area contributed by atoms with E-state index in [-0.39, 0.29) is 17.3 Å². The van der Waals surface area contributed by atoms with E-state index in [1.54, 1.807) is 47.0 Å². The molecule has 11 heteroatoms. The Hall–Kier alpha value is -3.02. The zero-order chi connectivity index (χ0) is 26.1. The number of rotatable bonds is 11. The predicted molar refractivity (Wildman–Crippen MR) is 133 cm³/mol. The molecule has 1 aliphatic heterocycles. The number of ether oxygens (including phenoxy) is 1. The van der Waals surface area contributed by atoms with E-state index in [2.05, 4.69) is 4.98 Å². The number of sulfonamides is 1. The predicted octanol–water partition coefficient (Wildman–Crippen LogP) is 2.58. The first-order valence-corrected chi connectivity index (χ1v) is 13.5. The Bertz CT molecular complexity index is 1100. The molecule has 1 fully saturated rings. The molecule has 2 N–H and O–H groups in total. The van der Waals surface area contributed by atoms with E-state index in [1.807, 2.05) is 6.92 Å². The zero-order valence-electron chi connectivity index (χ0n) is 20.7. The summed E-state index contributed by atoms with van der Waals surface area (Å²) in [5.41, 5.74) is 2.32. The summed E-state index contributed by atoms with van der Waals surface area (Å²) in [5.74, 6) is -0.642. The molecule has 1 atom stereocenters. The summed E-state index contributed by atoms with van der Waals surface area (Å²) >= 11 is 0. The van der Waals surface area contributed by atoms with Crippen molar-refractivity contribution in [3.8, 4) is 5.75 Å². The SMILES string of the molecule is CCCCC(=O)N1CCC([C@H](C(=O)NO)N(Cc2ccncc2)S(=O)(=O)c2ccc(OC)cc2)CC1. The van der Waals surface area contributed by atoms with Crippen molar-refractivity contribution in [2.24, 2.45) is 5.92 Å². The zero-order valence-corrected chi connectivity index (χ0v) is 21.5. The lowest BCUT2D eigenvalue weighted by atomic mass is 9.88. The molecule has 2 amide bonds. The molecule has 0 aliphatic carbocycles. The highest BCUT2D eigenvalue weighted by molar-refractivity contribution is 7.89. The van der Waals surface area contributed by atoms with E-state index in [4.69, 9.17) is 4.74 Å². The van der Waals surface area contributed by atoms with Crippen molar-refractivity contribution in [3.05, 3.63) is 54.4 Å². The lowest BCUT2D eigenvalue weighted by Gasteiger charge is -2.39. The number of aromatic nitrogens is 1. The largest absolute Gasteiger partial charge is 0.497 e. The van der Waals surface area contributed by atoms with Crippen LogP contribution in [-0.4, -0.2) is 65.9 Å². The highest BCUT2D eigenvalue weighted by Gasteiger charge is 2.42. The standard InChI is InChI=1S/C25H34N4O6S/c1-3-4-5-23(30)28-16-12-20(13-17-28)24(25(31)27-32)29(18-19-10-14-26-15-11-19)36(33,34)22-8-6-21(35-2)7-9-22/h6-11,14-15,20,24,32H,3-5,12-13,16-18H2,1-2H3,(H,27,31)/t24-/m1/s1. The summed E-state index contributed by atoms with van der Waals surface area (Å²) in [6.07, 6.45) is 6.18. The van der Waals surface area contributed by atoms with Crippen LogP contribution in [0.1, 0.15) is 44.6 Å². The summed E-state index contributed by atoms with van der Waals surface area (Å²) in [4.78, 5) is 31.2. The van der Waals surface area contributed by atoms with Crippen LogP contribution in [0.5, 0.6) is 5.75 Å². The Morgan fingerprint density at radius 2 is 1.81 bits per heavy atom. The smallest absolute Gasteiger partial charge is 0.262 e. The number of unbranched alkanes of at least 4 members (excludes halogenated alkanes) is 1. The number of pyridine rings is 1. The van der Waals surface area contributed by atoms with Crippen LogP contribution in [0, 0.1) is 5.92 Å². The Morgan fingerprint density at radius 1 is 1.17 bits per heavy atom. The average molecular weight is 519 g/mol. The molecule has 1 aromatic carbocycles. The number of hydrogen-bond donors (Lipinski definition) is 2. The highest BCUT2D eigenvalue weighted by atomic mass is 32.2. The number of amides is 2. The fraction of sp³-hybridized carbons (Fsp3) is 0.480. The number of likely N-dealkylation sites (tertiary alicyclic amines) is 1. The molecule has 2 aromatic rings. The summed E-state index contributed by atoms with van der Waals surface area (Å²) < 4.78 is 34.0. The van der Waals surface area contributed by atoms with Crippen molar-refractivity contribution < 1.29 is 28.0 Å². The number of hydroxylamine groups is 1. The van der Waals surface area contributed by atoms with Gasteiger partial charge >= 0.3 is 0 Å². The van der Waals surface area contributed by atoms with Crippen molar-refractivity contribution in [1.82, 2.24) is 19.7 Å². The van der Waals surface area contributed by atoms with Gasteiger partial charge < -0.3 is 9.64 Å². The monoisotopic (exact) mass is 518 g/mol. The number of nitrogens with one attached hydrogen (secondary N) is 1. The van der Waals surface area contributed by atoms with Gasteiger partial charge in [-0.15, -0.1) is 0 Å². The van der Waals surface area contributed by atoms with Crippen LogP contribution < -0.4 is 10.2 Å². The van der Waals surface area contributed by atoms with Gasteiger partial charge in [-0.05, 0) is 67.1 Å². The second-order valence-electron chi connectivity index (χ2n) is 8.82. The highest BCUT2D eigenvalue weighted by Crippen LogP contribution is 2.31. The van der Waals surface area contributed by atoms with Crippen molar-refractivity contribution in [3.63, 3.8) is 0 Å². The number of benzene rings is 1. The van der Waals surface area contributed by atoms with Crippen LogP contribution in [0.4, 0.5) is 0 Å². The van der Waals surface area contributed by atoms with Gasteiger partial charge in [-0.2, -0.15) is 4.31 Å². The molecule has 1 saturated heterocycles. The third-order valence-corrected chi connectivity index (χ3v) is 8.37. The lowest BCUT2D eigenvalue weighted by molar-refractivity contribution is -0.137. The second-order valence-corrected chi connectivity index (χ2v) is 10.7. The molecule has 2 heterocycles. The van der Waals surface area contributed by atoms with Gasteiger partial charge in [0.05, 0.1) is 12.0 Å². The molecule has 0 radical (unpaired) electrons. The van der Waals surface area contributed by atoms with E-state index >= 15 is 0 Å². The second kappa shape index (κ2) is 12.8. The third-order valence-electron chi connectivity index (χ3n) is 6.53. The Kier molecular flexibility index (Phi) is 9.80. The number of nitrogens with zero attached hydrogens (tertiary/aromatic N) is 3. The normalized spacial score (nSPS) is 15.5. The van der Waals surface area contributed by atoms with Gasteiger partial charge in [0.25, 0.3) is 5.91 Å². The van der Waals surface area contributed by atoms with E-state index in [0.29, 0.717) is 43.7 Å². The number of carbonyl (C=O) groups is 2. The Labute approximate surface area is 212 Å². The molecule has 0 saturated carbocycles. The number of piperidine rings is 1. The van der Waals surface area contributed by atoms with Gasteiger partial charge in [0.1, 0.15) is 11.8 Å². The maximum Gasteiger partial charge on any atom is 0.262 e. The van der Waals surface area contributed by atoms with E-state index in [0.717, 1.165) is 17.1 Å². The molecule has 196 valence electrons.